The molecule has 5 nitrogen and oxygen atoms in total. The van der Waals surface area contributed by atoms with Gasteiger partial charge in [-0.1, -0.05) is 6.07 Å². The number of pyridine rings is 1. The highest BCUT2D eigenvalue weighted by Gasteiger charge is 2.06. The second-order valence-electron chi connectivity index (χ2n) is 3.45. The molecule has 2 aromatic heterocycles. The first-order valence-electron chi connectivity index (χ1n) is 4.91. The molecule has 0 unspecified atom stereocenters. The minimum Gasteiger partial charge on any atom is -0.348 e. The van der Waals surface area contributed by atoms with E-state index in [9.17, 15) is 4.79 Å². The maximum atomic E-state index is 11.6. The monoisotopic (exact) mass is 216 g/mol. The molecule has 1 amide bonds. The lowest BCUT2D eigenvalue weighted by Crippen LogP contribution is -2.22. The van der Waals surface area contributed by atoms with Gasteiger partial charge in [-0.25, -0.2) is 0 Å². The number of carbonyl (C=O) groups excluding carboxylic acids is 1. The Balaban J connectivity index is 1.94. The molecule has 82 valence electrons. The molecule has 16 heavy (non-hydrogen) atoms. The van der Waals surface area contributed by atoms with Crippen LogP contribution in [0.3, 0.4) is 0 Å². The third-order valence-electron chi connectivity index (χ3n) is 2.14. The molecule has 2 rings (SSSR count). The van der Waals surface area contributed by atoms with Gasteiger partial charge in [0.25, 0.3) is 5.91 Å². The normalized spacial score (nSPS) is 10.1. The van der Waals surface area contributed by atoms with E-state index in [1.807, 2.05) is 12.1 Å². The van der Waals surface area contributed by atoms with Crippen LogP contribution in [-0.2, 0) is 13.6 Å². The van der Waals surface area contributed by atoms with Gasteiger partial charge in [0.15, 0.2) is 0 Å². The van der Waals surface area contributed by atoms with E-state index in [-0.39, 0.29) is 5.91 Å². The van der Waals surface area contributed by atoms with Crippen LogP contribution in [0.4, 0.5) is 0 Å². The van der Waals surface area contributed by atoms with Crippen molar-refractivity contribution in [2.45, 2.75) is 6.54 Å². The fourth-order valence-electron chi connectivity index (χ4n) is 1.33. The van der Waals surface area contributed by atoms with Crippen LogP contribution in [-0.4, -0.2) is 20.7 Å². The van der Waals surface area contributed by atoms with Crippen molar-refractivity contribution in [2.24, 2.45) is 7.05 Å². The Bertz CT molecular complexity index is 478. The molecular formula is C11H12N4O. The molecule has 0 atom stereocenters. The summed E-state index contributed by atoms with van der Waals surface area (Å²) >= 11 is 0. The standard InChI is InChI=1S/C11H12N4O/c1-15-8-10(7-14-15)11(16)13-6-9-3-2-4-12-5-9/h2-5,7-8H,6H2,1H3,(H,13,16). The van der Waals surface area contributed by atoms with Crippen molar-refractivity contribution < 1.29 is 4.79 Å². The Kier molecular flexibility index (Phi) is 2.95. The van der Waals surface area contributed by atoms with E-state index in [0.29, 0.717) is 12.1 Å². The SMILES string of the molecule is Cn1cc(C(=O)NCc2cccnc2)cn1. The fourth-order valence-corrected chi connectivity index (χ4v) is 1.33. The van der Waals surface area contributed by atoms with Gasteiger partial charge in [-0.05, 0) is 11.6 Å². The largest absolute Gasteiger partial charge is 0.348 e. The minimum atomic E-state index is -0.128. The molecule has 0 saturated heterocycles. The first-order chi connectivity index (χ1) is 7.75. The smallest absolute Gasteiger partial charge is 0.254 e. The summed E-state index contributed by atoms with van der Waals surface area (Å²) in [6.07, 6.45) is 6.65. The molecule has 0 fully saturated rings. The Labute approximate surface area is 93.1 Å². The average Bonchev–Trinajstić information content (AvgIpc) is 2.74. The lowest BCUT2D eigenvalue weighted by molar-refractivity contribution is 0.0951. The maximum Gasteiger partial charge on any atom is 0.254 e. The van der Waals surface area contributed by atoms with Crippen molar-refractivity contribution in [1.29, 1.82) is 0 Å². The Morgan fingerprint density at radius 2 is 2.38 bits per heavy atom. The van der Waals surface area contributed by atoms with Crippen LogP contribution in [0.2, 0.25) is 0 Å². The zero-order valence-electron chi connectivity index (χ0n) is 8.92. The van der Waals surface area contributed by atoms with Crippen molar-refractivity contribution in [1.82, 2.24) is 20.1 Å². The molecule has 0 radical (unpaired) electrons. The van der Waals surface area contributed by atoms with Gasteiger partial charge < -0.3 is 5.32 Å². The molecule has 1 N–H and O–H groups in total. The molecule has 0 aromatic carbocycles. The molecule has 0 saturated carbocycles. The van der Waals surface area contributed by atoms with Crippen molar-refractivity contribution in [3.63, 3.8) is 0 Å². The predicted molar refractivity (Wildman–Crippen MR) is 58.6 cm³/mol. The molecule has 5 heteroatoms. The van der Waals surface area contributed by atoms with Crippen LogP contribution < -0.4 is 5.32 Å². The van der Waals surface area contributed by atoms with Crippen LogP contribution in [0.5, 0.6) is 0 Å². The number of aromatic nitrogens is 3. The Hall–Kier alpha value is -2.17. The van der Waals surface area contributed by atoms with Gasteiger partial charge >= 0.3 is 0 Å². The summed E-state index contributed by atoms with van der Waals surface area (Å²) in [5, 5.41) is 6.73. The number of nitrogens with zero attached hydrogens (tertiary/aromatic N) is 3. The third kappa shape index (κ3) is 2.44. The third-order valence-corrected chi connectivity index (χ3v) is 2.14. The van der Waals surface area contributed by atoms with Gasteiger partial charge in [-0.3, -0.25) is 14.5 Å². The number of nitrogens with one attached hydrogen (secondary N) is 1. The molecule has 0 aliphatic carbocycles. The van der Waals surface area contributed by atoms with Crippen molar-refractivity contribution in [2.75, 3.05) is 0 Å². The molecule has 2 aromatic rings. The van der Waals surface area contributed by atoms with Gasteiger partial charge in [0.05, 0.1) is 11.8 Å². The van der Waals surface area contributed by atoms with E-state index in [0.717, 1.165) is 5.56 Å². The number of hydrogen-bond acceptors (Lipinski definition) is 3. The molecule has 0 aliphatic rings. The first kappa shape index (κ1) is 10.4. The Morgan fingerprint density at radius 3 is 3.00 bits per heavy atom. The fraction of sp³-hybridized carbons (Fsp3) is 0.182. The number of carbonyl (C=O) groups is 1. The number of amides is 1. The summed E-state index contributed by atoms with van der Waals surface area (Å²) in [6, 6.07) is 3.75. The molecular weight excluding hydrogens is 204 g/mol. The predicted octanol–water partition coefficient (Wildman–Crippen LogP) is 0.745. The number of hydrogen-bond donors (Lipinski definition) is 1. The molecule has 0 aliphatic heterocycles. The zero-order valence-corrected chi connectivity index (χ0v) is 8.92. The van der Waals surface area contributed by atoms with E-state index in [1.165, 1.54) is 0 Å². The van der Waals surface area contributed by atoms with Crippen LogP contribution in [0.15, 0.2) is 36.9 Å². The van der Waals surface area contributed by atoms with E-state index in [4.69, 9.17) is 0 Å². The second kappa shape index (κ2) is 4.57. The van der Waals surface area contributed by atoms with Gasteiger partial charge in [0.1, 0.15) is 0 Å². The lowest BCUT2D eigenvalue weighted by atomic mass is 10.2. The number of rotatable bonds is 3. The van der Waals surface area contributed by atoms with E-state index in [1.54, 1.807) is 36.5 Å². The summed E-state index contributed by atoms with van der Waals surface area (Å²) in [4.78, 5) is 15.6. The number of aryl methyl sites for hydroxylation is 1. The average molecular weight is 216 g/mol. The highest BCUT2D eigenvalue weighted by atomic mass is 16.1. The topological polar surface area (TPSA) is 59.8 Å². The Morgan fingerprint density at radius 1 is 1.50 bits per heavy atom. The van der Waals surface area contributed by atoms with Crippen LogP contribution in [0.1, 0.15) is 15.9 Å². The highest BCUT2D eigenvalue weighted by molar-refractivity contribution is 5.93. The highest BCUT2D eigenvalue weighted by Crippen LogP contribution is 1.98. The lowest BCUT2D eigenvalue weighted by Gasteiger charge is -2.02. The minimum absolute atomic E-state index is 0.128. The van der Waals surface area contributed by atoms with Gasteiger partial charge in [0, 0.05) is 32.2 Å². The first-order valence-corrected chi connectivity index (χ1v) is 4.91. The summed E-state index contributed by atoms with van der Waals surface area (Å²) < 4.78 is 1.60. The molecule has 0 bridgehead atoms. The maximum absolute atomic E-state index is 11.6. The van der Waals surface area contributed by atoms with E-state index in [2.05, 4.69) is 15.4 Å². The zero-order chi connectivity index (χ0) is 11.4. The van der Waals surface area contributed by atoms with Crippen molar-refractivity contribution in [3.05, 3.63) is 48.0 Å². The molecule has 2 heterocycles. The van der Waals surface area contributed by atoms with Gasteiger partial charge in [0.2, 0.25) is 0 Å². The summed E-state index contributed by atoms with van der Waals surface area (Å²) in [7, 11) is 1.78. The second-order valence-corrected chi connectivity index (χ2v) is 3.45. The van der Waals surface area contributed by atoms with Crippen LogP contribution >= 0.6 is 0 Å². The van der Waals surface area contributed by atoms with Crippen LogP contribution in [0, 0.1) is 0 Å². The van der Waals surface area contributed by atoms with E-state index < -0.39 is 0 Å². The van der Waals surface area contributed by atoms with Gasteiger partial charge in [-0.2, -0.15) is 5.10 Å². The van der Waals surface area contributed by atoms with Crippen molar-refractivity contribution >= 4 is 5.91 Å². The summed E-state index contributed by atoms with van der Waals surface area (Å²) in [5.41, 5.74) is 1.53. The van der Waals surface area contributed by atoms with E-state index >= 15 is 0 Å². The van der Waals surface area contributed by atoms with Crippen LogP contribution in [0.25, 0.3) is 0 Å². The quantitative estimate of drug-likeness (QED) is 0.823. The molecule has 0 spiro atoms. The van der Waals surface area contributed by atoms with Crippen molar-refractivity contribution in [3.8, 4) is 0 Å². The summed E-state index contributed by atoms with van der Waals surface area (Å²) in [6.45, 7) is 0.474. The summed E-state index contributed by atoms with van der Waals surface area (Å²) in [5.74, 6) is -0.128. The van der Waals surface area contributed by atoms with Gasteiger partial charge in [-0.15, -0.1) is 0 Å².